The third-order valence-electron chi connectivity index (χ3n) is 2.92. The van der Waals surface area contributed by atoms with Crippen LogP contribution in [0.5, 0.6) is 0 Å². The van der Waals surface area contributed by atoms with Crippen LogP contribution in [0.1, 0.15) is 22.2 Å². The van der Waals surface area contributed by atoms with Gasteiger partial charge in [0.25, 0.3) is 0 Å². The molecule has 0 aliphatic carbocycles. The molecule has 0 saturated carbocycles. The number of hydrogen-bond acceptors (Lipinski definition) is 4. The maximum Gasteiger partial charge on any atom is 0.240 e. The van der Waals surface area contributed by atoms with Crippen LogP contribution in [0, 0.1) is 0 Å². The number of hydrogen-bond donors (Lipinski definition) is 2. The number of nitrogens with one attached hydrogen (secondary N) is 1. The van der Waals surface area contributed by atoms with Crippen LogP contribution in [0.3, 0.4) is 0 Å². The van der Waals surface area contributed by atoms with E-state index in [1.165, 1.54) is 17.0 Å². The topological polar surface area (TPSA) is 66.4 Å². The van der Waals surface area contributed by atoms with Crippen LogP contribution in [0.4, 0.5) is 0 Å². The molecule has 4 nitrogen and oxygen atoms in total. The monoisotopic (exact) mass is 311 g/mol. The quantitative estimate of drug-likeness (QED) is 0.860. The van der Waals surface area contributed by atoms with Gasteiger partial charge in [-0.25, -0.2) is 13.1 Å². The summed E-state index contributed by atoms with van der Waals surface area (Å²) in [7, 11) is -3.51. The van der Waals surface area contributed by atoms with Gasteiger partial charge in [-0.1, -0.05) is 19.1 Å². The molecule has 0 fully saturated rings. The van der Waals surface area contributed by atoms with Crippen molar-refractivity contribution in [2.24, 2.45) is 0 Å². The molecule has 0 unspecified atom stereocenters. The molecule has 2 rings (SSSR count). The zero-order valence-corrected chi connectivity index (χ0v) is 12.8. The van der Waals surface area contributed by atoms with E-state index in [4.69, 9.17) is 5.11 Å². The number of rotatable bonds is 6. The summed E-state index contributed by atoms with van der Waals surface area (Å²) in [6, 6.07) is 10.2. The maximum absolute atomic E-state index is 12.1. The van der Waals surface area contributed by atoms with Crippen molar-refractivity contribution in [3.63, 3.8) is 0 Å². The minimum absolute atomic E-state index is 0.0945. The van der Waals surface area contributed by atoms with Crippen LogP contribution >= 0.6 is 11.3 Å². The molecule has 1 aromatic heterocycles. The molecular weight excluding hydrogens is 294 g/mol. The lowest BCUT2D eigenvalue weighted by Gasteiger charge is -2.06. The zero-order chi connectivity index (χ0) is 14.6. The lowest BCUT2D eigenvalue weighted by atomic mass is 10.2. The Labute approximate surface area is 123 Å². The fourth-order valence-corrected chi connectivity index (χ4v) is 3.73. The molecule has 0 aliphatic heterocycles. The predicted molar refractivity (Wildman–Crippen MR) is 80.1 cm³/mol. The average Bonchev–Trinajstić information content (AvgIpc) is 2.93. The normalized spacial score (nSPS) is 11.7. The zero-order valence-electron chi connectivity index (χ0n) is 11.2. The van der Waals surface area contributed by atoms with Crippen LogP contribution in [-0.2, 0) is 29.6 Å². The van der Waals surface area contributed by atoms with Gasteiger partial charge >= 0.3 is 0 Å². The lowest BCUT2D eigenvalue weighted by Crippen LogP contribution is -2.22. The van der Waals surface area contributed by atoms with Gasteiger partial charge in [0.2, 0.25) is 10.0 Å². The van der Waals surface area contributed by atoms with E-state index in [1.807, 2.05) is 12.1 Å². The number of thiophene rings is 1. The van der Waals surface area contributed by atoms with Gasteiger partial charge in [0.05, 0.1) is 11.5 Å². The van der Waals surface area contributed by atoms with Crippen molar-refractivity contribution < 1.29 is 13.5 Å². The Bertz CT molecular complexity index is 660. The third kappa shape index (κ3) is 3.67. The Kier molecular flexibility index (Phi) is 4.93. The molecule has 0 amide bonds. The molecule has 1 heterocycles. The van der Waals surface area contributed by atoms with Crippen LogP contribution < -0.4 is 4.72 Å². The molecular formula is C14H17NO3S2. The van der Waals surface area contributed by atoms with E-state index in [0.717, 1.165) is 11.3 Å². The maximum atomic E-state index is 12.1. The molecule has 0 atom stereocenters. The molecule has 0 radical (unpaired) electrons. The number of sulfonamides is 1. The minimum atomic E-state index is -3.51. The highest BCUT2D eigenvalue weighted by atomic mass is 32.2. The number of aliphatic hydroxyl groups excluding tert-OH is 1. The first-order chi connectivity index (χ1) is 9.55. The first-order valence-electron chi connectivity index (χ1n) is 6.32. The van der Waals surface area contributed by atoms with Crippen molar-refractivity contribution in [2.45, 2.75) is 31.4 Å². The second kappa shape index (κ2) is 6.49. The highest BCUT2D eigenvalue weighted by Crippen LogP contribution is 2.18. The Morgan fingerprint density at radius 3 is 2.30 bits per heavy atom. The summed E-state index contributed by atoms with van der Waals surface area (Å²) < 4.78 is 26.8. The fraction of sp³-hybridized carbons (Fsp3) is 0.286. The standard InChI is InChI=1S/C14H17NO3S2/c1-2-12-5-6-13(19-12)9-15-20(17,18)14-7-3-11(10-16)4-8-14/h3-8,15-16H,2,9-10H2,1H3. The summed E-state index contributed by atoms with van der Waals surface area (Å²) in [5.74, 6) is 0. The molecule has 2 N–H and O–H groups in total. The van der Waals surface area contributed by atoms with Crippen molar-refractivity contribution >= 4 is 21.4 Å². The van der Waals surface area contributed by atoms with E-state index in [-0.39, 0.29) is 11.5 Å². The van der Waals surface area contributed by atoms with Crippen LogP contribution in [-0.4, -0.2) is 13.5 Å². The molecule has 108 valence electrons. The van der Waals surface area contributed by atoms with Gasteiger partial charge < -0.3 is 5.11 Å². The fourth-order valence-electron chi connectivity index (χ4n) is 1.73. The van der Waals surface area contributed by atoms with Gasteiger partial charge in [0.15, 0.2) is 0 Å². The first kappa shape index (κ1) is 15.2. The van der Waals surface area contributed by atoms with Gasteiger partial charge in [0, 0.05) is 16.3 Å². The first-order valence-corrected chi connectivity index (χ1v) is 8.62. The summed E-state index contributed by atoms with van der Waals surface area (Å²) in [5.41, 5.74) is 0.690. The molecule has 20 heavy (non-hydrogen) atoms. The van der Waals surface area contributed by atoms with E-state index in [0.29, 0.717) is 12.1 Å². The van der Waals surface area contributed by atoms with E-state index in [2.05, 4.69) is 11.6 Å². The molecule has 0 bridgehead atoms. The summed E-state index contributed by atoms with van der Waals surface area (Å²) in [6.45, 7) is 2.28. The summed E-state index contributed by atoms with van der Waals surface area (Å²) in [4.78, 5) is 2.45. The van der Waals surface area contributed by atoms with Crippen LogP contribution in [0.15, 0.2) is 41.3 Å². The number of aryl methyl sites for hydroxylation is 1. The Balaban J connectivity index is 2.06. The van der Waals surface area contributed by atoms with Crippen LogP contribution in [0.25, 0.3) is 0 Å². The Morgan fingerprint density at radius 2 is 1.75 bits per heavy atom. The highest BCUT2D eigenvalue weighted by molar-refractivity contribution is 7.89. The third-order valence-corrected chi connectivity index (χ3v) is 5.57. The SMILES string of the molecule is CCc1ccc(CNS(=O)(=O)c2ccc(CO)cc2)s1. The Hall–Kier alpha value is -1.21. The summed E-state index contributed by atoms with van der Waals surface area (Å²) in [6.07, 6.45) is 0.958. The number of benzene rings is 1. The van der Waals surface area contributed by atoms with Gasteiger partial charge in [-0.05, 0) is 36.2 Å². The second-order valence-electron chi connectivity index (χ2n) is 4.35. The van der Waals surface area contributed by atoms with E-state index in [9.17, 15) is 8.42 Å². The lowest BCUT2D eigenvalue weighted by molar-refractivity contribution is 0.282. The smallest absolute Gasteiger partial charge is 0.240 e. The van der Waals surface area contributed by atoms with Crippen LogP contribution in [0.2, 0.25) is 0 Å². The number of aliphatic hydroxyl groups is 1. The average molecular weight is 311 g/mol. The van der Waals surface area contributed by atoms with Crippen molar-refractivity contribution in [3.8, 4) is 0 Å². The molecule has 0 spiro atoms. The van der Waals surface area contributed by atoms with Gasteiger partial charge in [-0.2, -0.15) is 0 Å². The van der Waals surface area contributed by atoms with Gasteiger partial charge in [-0.3, -0.25) is 0 Å². The van der Waals surface area contributed by atoms with E-state index < -0.39 is 10.0 Å². The second-order valence-corrected chi connectivity index (χ2v) is 7.37. The molecule has 1 aromatic carbocycles. The van der Waals surface area contributed by atoms with E-state index >= 15 is 0 Å². The minimum Gasteiger partial charge on any atom is -0.392 e. The van der Waals surface area contributed by atoms with Crippen molar-refractivity contribution in [1.29, 1.82) is 0 Å². The predicted octanol–water partition coefficient (Wildman–Crippen LogP) is 2.28. The summed E-state index contributed by atoms with van der Waals surface area (Å²) >= 11 is 1.61. The van der Waals surface area contributed by atoms with Gasteiger partial charge in [0.1, 0.15) is 0 Å². The molecule has 0 aliphatic rings. The van der Waals surface area contributed by atoms with Crippen molar-refractivity contribution in [3.05, 3.63) is 51.7 Å². The largest absolute Gasteiger partial charge is 0.392 e. The van der Waals surface area contributed by atoms with Crippen molar-refractivity contribution in [1.82, 2.24) is 4.72 Å². The van der Waals surface area contributed by atoms with E-state index in [1.54, 1.807) is 23.5 Å². The summed E-state index contributed by atoms with van der Waals surface area (Å²) in [5, 5.41) is 8.95. The highest BCUT2D eigenvalue weighted by Gasteiger charge is 2.13. The Morgan fingerprint density at radius 1 is 1.10 bits per heavy atom. The van der Waals surface area contributed by atoms with Gasteiger partial charge in [-0.15, -0.1) is 11.3 Å². The molecule has 2 aromatic rings. The van der Waals surface area contributed by atoms with Crippen molar-refractivity contribution in [2.75, 3.05) is 0 Å². The molecule has 6 heteroatoms. The molecule has 0 saturated heterocycles.